The smallest absolute Gasteiger partial charge is 0.0702 e. The lowest BCUT2D eigenvalue weighted by atomic mass is 9.92. The van der Waals surface area contributed by atoms with Gasteiger partial charge in [0.1, 0.15) is 0 Å². The molecular formula is C36H45N2O-. The molecule has 3 aromatic carbocycles. The van der Waals surface area contributed by atoms with E-state index in [1.165, 1.54) is 22.3 Å². The second kappa shape index (κ2) is 13.1. The summed E-state index contributed by atoms with van der Waals surface area (Å²) in [6, 6.07) is 22.3. The van der Waals surface area contributed by atoms with Gasteiger partial charge in [0.05, 0.1) is 11.4 Å². The molecule has 0 aliphatic carbocycles. The molecule has 0 atom stereocenters. The largest absolute Gasteiger partial charge is 0.872 e. The lowest BCUT2D eigenvalue weighted by Gasteiger charge is -2.23. The second-order valence-corrected chi connectivity index (χ2v) is 11.7. The Balaban J connectivity index is 2.35. The van der Waals surface area contributed by atoms with Crippen molar-refractivity contribution in [2.75, 3.05) is 0 Å². The number of hydrogen-bond donors (Lipinski definition) is 0. The zero-order valence-electron chi connectivity index (χ0n) is 25.5. The van der Waals surface area contributed by atoms with E-state index in [0.29, 0.717) is 46.2 Å². The fraction of sp³-hybridized carbons (Fsp3) is 0.389. The molecule has 0 aromatic heterocycles. The first kappa shape index (κ1) is 30.1. The van der Waals surface area contributed by atoms with Crippen LogP contribution in [0.5, 0.6) is 0 Å². The van der Waals surface area contributed by atoms with Crippen molar-refractivity contribution in [3.63, 3.8) is 0 Å². The standard InChI is InChI=1S/C36H46N2O/c1-22(2)29-18-14-19-30(23(3)4)34(29)37-26(9)33(36(39)28-16-12-11-13-17-28)27(10)38-35-31(24(5)6)20-15-21-32(35)25(7)8/h11-25,39H,1-10H3/p-1. The molecule has 0 saturated carbocycles. The van der Waals surface area contributed by atoms with Crippen molar-refractivity contribution < 1.29 is 5.11 Å². The lowest BCUT2D eigenvalue weighted by Crippen LogP contribution is -2.17. The van der Waals surface area contributed by atoms with Crippen LogP contribution in [-0.2, 0) is 0 Å². The summed E-state index contributed by atoms with van der Waals surface area (Å²) in [6.45, 7) is 21.4. The Morgan fingerprint density at radius 2 is 0.846 bits per heavy atom. The molecule has 3 nitrogen and oxygen atoms in total. The molecule has 0 unspecified atom stereocenters. The Hall–Kier alpha value is -3.46. The lowest BCUT2D eigenvalue weighted by molar-refractivity contribution is -0.244. The minimum Gasteiger partial charge on any atom is -0.872 e. The van der Waals surface area contributed by atoms with Crippen molar-refractivity contribution in [1.82, 2.24) is 0 Å². The van der Waals surface area contributed by atoms with Crippen molar-refractivity contribution in [2.45, 2.75) is 92.9 Å². The third kappa shape index (κ3) is 6.95. The third-order valence-corrected chi connectivity index (χ3v) is 7.23. The van der Waals surface area contributed by atoms with Crippen molar-refractivity contribution in [1.29, 1.82) is 0 Å². The van der Waals surface area contributed by atoms with Crippen molar-refractivity contribution in [3.8, 4) is 0 Å². The highest BCUT2D eigenvalue weighted by Gasteiger charge is 2.18. The van der Waals surface area contributed by atoms with Crippen LogP contribution >= 0.6 is 0 Å². The molecule has 0 heterocycles. The van der Waals surface area contributed by atoms with Crippen LogP contribution < -0.4 is 5.11 Å². The van der Waals surface area contributed by atoms with Gasteiger partial charge in [0.2, 0.25) is 0 Å². The van der Waals surface area contributed by atoms with E-state index in [1.807, 2.05) is 44.2 Å². The third-order valence-electron chi connectivity index (χ3n) is 7.23. The SMILES string of the molecule is CC(=Nc1c(C(C)C)cccc1C(C)C)C(C(C)=Nc1c(C(C)C)cccc1C(C)C)=C([O-])c1ccccc1. The molecule has 3 heteroatoms. The van der Waals surface area contributed by atoms with Crippen LogP contribution in [0.4, 0.5) is 11.4 Å². The van der Waals surface area contributed by atoms with E-state index < -0.39 is 0 Å². The highest BCUT2D eigenvalue weighted by atomic mass is 16.3. The average molecular weight is 522 g/mol. The minimum atomic E-state index is -0.0562. The van der Waals surface area contributed by atoms with E-state index in [4.69, 9.17) is 9.98 Å². The number of benzene rings is 3. The quantitative estimate of drug-likeness (QED) is 0.204. The summed E-state index contributed by atoms with van der Waals surface area (Å²) in [7, 11) is 0. The monoisotopic (exact) mass is 521 g/mol. The Morgan fingerprint density at radius 3 is 1.15 bits per heavy atom. The highest BCUT2D eigenvalue weighted by Crippen LogP contribution is 2.37. The van der Waals surface area contributed by atoms with Crippen LogP contribution in [0.15, 0.2) is 82.3 Å². The molecule has 0 aliphatic heterocycles. The summed E-state index contributed by atoms with van der Waals surface area (Å²) in [5, 5.41) is 14.1. The number of rotatable bonds is 9. The molecule has 206 valence electrons. The van der Waals surface area contributed by atoms with Gasteiger partial charge in [0.25, 0.3) is 0 Å². The summed E-state index contributed by atoms with van der Waals surface area (Å²) in [6.07, 6.45) is 0. The van der Waals surface area contributed by atoms with Gasteiger partial charge in [-0.25, -0.2) is 0 Å². The predicted octanol–water partition coefficient (Wildman–Crippen LogP) is 9.84. The van der Waals surface area contributed by atoms with Crippen molar-refractivity contribution in [2.24, 2.45) is 9.98 Å². The molecular weight excluding hydrogens is 476 g/mol. The van der Waals surface area contributed by atoms with E-state index in [-0.39, 0.29) is 5.76 Å². The van der Waals surface area contributed by atoms with E-state index >= 15 is 0 Å². The van der Waals surface area contributed by atoms with E-state index in [2.05, 4.69) is 91.8 Å². The van der Waals surface area contributed by atoms with Gasteiger partial charge in [-0.2, -0.15) is 0 Å². The maximum Gasteiger partial charge on any atom is 0.0702 e. The molecule has 0 spiro atoms. The molecule has 0 radical (unpaired) electrons. The van der Waals surface area contributed by atoms with Crippen LogP contribution in [0, 0.1) is 0 Å². The fourth-order valence-electron chi connectivity index (χ4n) is 5.05. The van der Waals surface area contributed by atoms with Gasteiger partial charge in [0, 0.05) is 17.0 Å². The molecule has 0 amide bonds. The summed E-state index contributed by atoms with van der Waals surface area (Å²) in [5.74, 6) is 1.18. The maximum absolute atomic E-state index is 14.1. The topological polar surface area (TPSA) is 47.8 Å². The Labute approximate surface area is 236 Å². The van der Waals surface area contributed by atoms with Crippen molar-refractivity contribution >= 4 is 28.6 Å². The molecule has 3 rings (SSSR count). The van der Waals surface area contributed by atoms with E-state index in [0.717, 1.165) is 11.4 Å². The first-order chi connectivity index (χ1) is 18.4. The van der Waals surface area contributed by atoms with E-state index in [9.17, 15) is 5.11 Å². The molecule has 3 aromatic rings. The van der Waals surface area contributed by atoms with Gasteiger partial charge >= 0.3 is 0 Å². The Kier molecular flexibility index (Phi) is 10.1. The molecule has 39 heavy (non-hydrogen) atoms. The fourth-order valence-corrected chi connectivity index (χ4v) is 5.05. The maximum atomic E-state index is 14.1. The number of hydrogen-bond acceptors (Lipinski definition) is 3. The first-order valence-corrected chi connectivity index (χ1v) is 14.3. The first-order valence-electron chi connectivity index (χ1n) is 14.3. The number of para-hydroxylation sites is 2. The summed E-state index contributed by atoms with van der Waals surface area (Å²) >= 11 is 0. The second-order valence-electron chi connectivity index (χ2n) is 11.7. The summed E-state index contributed by atoms with van der Waals surface area (Å²) < 4.78 is 0. The van der Waals surface area contributed by atoms with Gasteiger partial charge in [-0.15, -0.1) is 0 Å². The van der Waals surface area contributed by atoms with Crippen molar-refractivity contribution in [3.05, 3.63) is 100 Å². The van der Waals surface area contributed by atoms with Gasteiger partial charge in [0.15, 0.2) is 0 Å². The normalized spacial score (nSPS) is 12.7. The van der Waals surface area contributed by atoms with Crippen LogP contribution in [0.1, 0.15) is 121 Å². The van der Waals surface area contributed by atoms with Gasteiger partial charge < -0.3 is 5.11 Å². The highest BCUT2D eigenvalue weighted by molar-refractivity contribution is 6.27. The van der Waals surface area contributed by atoms with E-state index in [1.54, 1.807) is 0 Å². The number of allylic oxidation sites excluding steroid dienone is 1. The molecule has 0 saturated heterocycles. The van der Waals surface area contributed by atoms with Crippen LogP contribution in [-0.4, -0.2) is 11.4 Å². The van der Waals surface area contributed by atoms with Gasteiger partial charge in [-0.1, -0.05) is 128 Å². The molecule has 0 aliphatic rings. The summed E-state index contributed by atoms with van der Waals surface area (Å²) in [4.78, 5) is 10.4. The van der Waals surface area contributed by atoms with Gasteiger partial charge in [-0.05, 0) is 65.3 Å². The van der Waals surface area contributed by atoms with Crippen LogP contribution in [0.2, 0.25) is 0 Å². The average Bonchev–Trinajstić information content (AvgIpc) is 2.88. The minimum absolute atomic E-state index is 0.0562. The predicted molar refractivity (Wildman–Crippen MR) is 168 cm³/mol. The molecule has 0 fully saturated rings. The zero-order valence-corrected chi connectivity index (χ0v) is 25.5. The number of aliphatic imine (C=N–C) groups is 2. The zero-order chi connectivity index (χ0) is 28.9. The summed E-state index contributed by atoms with van der Waals surface area (Å²) in [5.41, 5.74) is 9.27. The number of nitrogens with zero attached hydrogens (tertiary/aromatic N) is 2. The van der Waals surface area contributed by atoms with Crippen LogP contribution in [0.3, 0.4) is 0 Å². The Morgan fingerprint density at radius 1 is 0.513 bits per heavy atom. The van der Waals surface area contributed by atoms with Crippen LogP contribution in [0.25, 0.3) is 5.76 Å². The molecule has 0 N–H and O–H groups in total. The molecule has 0 bridgehead atoms. The Bertz CT molecular complexity index is 1240. The van der Waals surface area contributed by atoms with Gasteiger partial charge in [-0.3, -0.25) is 9.98 Å².